The van der Waals surface area contributed by atoms with E-state index in [0.717, 1.165) is 10.9 Å². The summed E-state index contributed by atoms with van der Waals surface area (Å²) in [5, 5.41) is 13.9. The molecule has 100 valence electrons. The van der Waals surface area contributed by atoms with Gasteiger partial charge in [-0.2, -0.15) is 0 Å². The van der Waals surface area contributed by atoms with E-state index in [2.05, 4.69) is 10.3 Å². The van der Waals surface area contributed by atoms with Gasteiger partial charge in [-0.25, -0.2) is 0 Å². The number of rotatable bonds is 2. The topological polar surface area (TPSA) is 68.4 Å². The molecule has 2 atom stereocenters. The lowest BCUT2D eigenvalue weighted by atomic mass is 10.2. The van der Waals surface area contributed by atoms with Gasteiger partial charge in [0.1, 0.15) is 5.69 Å². The number of hydrogen-bond donors (Lipinski definition) is 3. The van der Waals surface area contributed by atoms with Gasteiger partial charge in [0.25, 0.3) is 5.91 Å². The minimum Gasteiger partial charge on any atom is -0.390 e. The van der Waals surface area contributed by atoms with E-state index in [-0.39, 0.29) is 11.9 Å². The van der Waals surface area contributed by atoms with Crippen molar-refractivity contribution in [1.82, 2.24) is 15.2 Å². The summed E-state index contributed by atoms with van der Waals surface area (Å²) in [7, 11) is 1.73. The van der Waals surface area contributed by atoms with Gasteiger partial charge in [0.2, 0.25) is 0 Å². The van der Waals surface area contributed by atoms with Gasteiger partial charge in [0.15, 0.2) is 0 Å². The standard InChI is InChI=1S/C14H17N3O2/c1-17(12-7-15-8-13(12)18)14(19)11-6-9-4-2-3-5-10(9)16-11/h2-6,12-13,15-16,18H,7-8H2,1H3/t12-,13-/m0/s1. The fraction of sp³-hybridized carbons (Fsp3) is 0.357. The Bertz CT molecular complexity index is 575. The lowest BCUT2D eigenvalue weighted by Gasteiger charge is -2.25. The van der Waals surface area contributed by atoms with Gasteiger partial charge >= 0.3 is 0 Å². The summed E-state index contributed by atoms with van der Waals surface area (Å²) in [6, 6.07) is 9.47. The molecule has 2 heterocycles. The lowest BCUT2D eigenvalue weighted by Crippen LogP contribution is -2.44. The van der Waals surface area contributed by atoms with Crippen LogP contribution in [0.2, 0.25) is 0 Å². The number of fused-ring (bicyclic) bond motifs is 1. The Balaban J connectivity index is 1.86. The minimum absolute atomic E-state index is 0.0936. The average Bonchev–Trinajstić information content (AvgIpc) is 3.02. The number of carbonyl (C=O) groups excluding carboxylic acids is 1. The second-order valence-corrected chi connectivity index (χ2v) is 4.98. The van der Waals surface area contributed by atoms with Crippen LogP contribution in [0.15, 0.2) is 30.3 Å². The molecule has 3 N–H and O–H groups in total. The van der Waals surface area contributed by atoms with Crippen molar-refractivity contribution in [3.63, 3.8) is 0 Å². The minimum atomic E-state index is -0.502. The summed E-state index contributed by atoms with van der Waals surface area (Å²) >= 11 is 0. The molecule has 5 heteroatoms. The summed E-state index contributed by atoms with van der Waals surface area (Å²) in [5.41, 5.74) is 1.51. The van der Waals surface area contributed by atoms with Gasteiger partial charge in [-0.1, -0.05) is 18.2 Å². The van der Waals surface area contributed by atoms with Gasteiger partial charge in [-0.05, 0) is 12.1 Å². The van der Waals surface area contributed by atoms with Crippen LogP contribution in [0.3, 0.4) is 0 Å². The molecule has 1 aromatic heterocycles. The van der Waals surface area contributed by atoms with Gasteiger partial charge in [-0.3, -0.25) is 4.79 Å². The molecule has 1 amide bonds. The van der Waals surface area contributed by atoms with Gasteiger partial charge in [0, 0.05) is 31.0 Å². The maximum Gasteiger partial charge on any atom is 0.270 e. The second kappa shape index (κ2) is 4.68. The van der Waals surface area contributed by atoms with E-state index >= 15 is 0 Å². The fourth-order valence-corrected chi connectivity index (χ4v) is 2.58. The highest BCUT2D eigenvalue weighted by Crippen LogP contribution is 2.17. The number of likely N-dealkylation sites (N-methyl/N-ethyl adjacent to an activating group) is 1. The molecular formula is C14H17N3O2. The normalized spacial score (nSPS) is 22.8. The zero-order valence-electron chi connectivity index (χ0n) is 10.8. The van der Waals surface area contributed by atoms with Crippen LogP contribution >= 0.6 is 0 Å². The highest BCUT2D eigenvalue weighted by atomic mass is 16.3. The second-order valence-electron chi connectivity index (χ2n) is 4.98. The van der Waals surface area contributed by atoms with Crippen molar-refractivity contribution in [2.24, 2.45) is 0 Å². The molecule has 0 saturated carbocycles. The summed E-state index contributed by atoms with van der Waals surface area (Å²) in [6.45, 7) is 1.17. The first-order valence-corrected chi connectivity index (χ1v) is 6.40. The predicted octanol–water partition coefficient (Wildman–Crippen LogP) is 0.573. The molecule has 1 saturated heterocycles. The number of hydrogen-bond acceptors (Lipinski definition) is 3. The van der Waals surface area contributed by atoms with Crippen molar-refractivity contribution in [2.75, 3.05) is 20.1 Å². The zero-order chi connectivity index (χ0) is 13.4. The van der Waals surface area contributed by atoms with Crippen molar-refractivity contribution in [3.05, 3.63) is 36.0 Å². The van der Waals surface area contributed by atoms with E-state index in [1.165, 1.54) is 0 Å². The van der Waals surface area contributed by atoms with Crippen molar-refractivity contribution < 1.29 is 9.90 Å². The number of aromatic amines is 1. The number of aliphatic hydroxyl groups is 1. The predicted molar refractivity (Wildman–Crippen MR) is 73.1 cm³/mol. The first-order chi connectivity index (χ1) is 9.16. The number of carbonyl (C=O) groups is 1. The van der Waals surface area contributed by atoms with Crippen LogP contribution in [-0.4, -0.2) is 53.2 Å². The first kappa shape index (κ1) is 12.2. The van der Waals surface area contributed by atoms with Crippen molar-refractivity contribution >= 4 is 16.8 Å². The summed E-state index contributed by atoms with van der Waals surface area (Å²) < 4.78 is 0. The molecule has 1 aliphatic rings. The lowest BCUT2D eigenvalue weighted by molar-refractivity contribution is 0.0577. The quantitative estimate of drug-likeness (QED) is 0.738. The van der Waals surface area contributed by atoms with Crippen LogP contribution in [0.25, 0.3) is 10.9 Å². The Kier molecular flexibility index (Phi) is 3.00. The Hall–Kier alpha value is -1.85. The van der Waals surface area contributed by atoms with E-state index in [1.54, 1.807) is 11.9 Å². The Morgan fingerprint density at radius 2 is 2.16 bits per heavy atom. The fourth-order valence-electron chi connectivity index (χ4n) is 2.58. The number of H-pyrrole nitrogens is 1. The highest BCUT2D eigenvalue weighted by molar-refractivity contribution is 5.98. The van der Waals surface area contributed by atoms with Crippen LogP contribution in [0.4, 0.5) is 0 Å². The largest absolute Gasteiger partial charge is 0.390 e. The molecular weight excluding hydrogens is 242 g/mol. The molecule has 0 radical (unpaired) electrons. The van der Waals surface area contributed by atoms with E-state index in [9.17, 15) is 9.90 Å². The molecule has 0 spiro atoms. The number of nitrogens with one attached hydrogen (secondary N) is 2. The summed E-state index contributed by atoms with van der Waals surface area (Å²) in [5.74, 6) is -0.0936. The number of nitrogens with zero attached hydrogens (tertiary/aromatic N) is 1. The maximum absolute atomic E-state index is 12.4. The third-order valence-corrected chi connectivity index (χ3v) is 3.73. The molecule has 3 rings (SSSR count). The van der Waals surface area contributed by atoms with Crippen LogP contribution in [0, 0.1) is 0 Å². The smallest absolute Gasteiger partial charge is 0.270 e. The van der Waals surface area contributed by atoms with Crippen molar-refractivity contribution in [1.29, 1.82) is 0 Å². The van der Waals surface area contributed by atoms with Gasteiger partial charge in [-0.15, -0.1) is 0 Å². The number of aromatic nitrogens is 1. The maximum atomic E-state index is 12.4. The molecule has 1 aromatic carbocycles. The molecule has 0 aliphatic carbocycles. The molecule has 19 heavy (non-hydrogen) atoms. The monoisotopic (exact) mass is 259 g/mol. The van der Waals surface area contributed by atoms with E-state index in [0.29, 0.717) is 18.8 Å². The van der Waals surface area contributed by atoms with Crippen LogP contribution < -0.4 is 5.32 Å². The summed E-state index contributed by atoms with van der Waals surface area (Å²) in [6.07, 6.45) is -0.502. The van der Waals surface area contributed by atoms with Crippen LogP contribution in [-0.2, 0) is 0 Å². The number of para-hydroxylation sites is 1. The molecule has 0 unspecified atom stereocenters. The molecule has 1 fully saturated rings. The number of β-amino-alcohol motifs (C(OH)–C–C–N with tert-alkyl or cyclic N) is 1. The third kappa shape index (κ3) is 2.11. The highest BCUT2D eigenvalue weighted by Gasteiger charge is 2.31. The SMILES string of the molecule is CN(C(=O)c1cc2ccccc2[nH]1)[C@H]1CNC[C@@H]1O. The van der Waals surface area contributed by atoms with E-state index in [1.807, 2.05) is 30.3 Å². The third-order valence-electron chi connectivity index (χ3n) is 3.73. The number of amides is 1. The zero-order valence-corrected chi connectivity index (χ0v) is 10.8. The van der Waals surface area contributed by atoms with E-state index in [4.69, 9.17) is 0 Å². The molecule has 2 aromatic rings. The van der Waals surface area contributed by atoms with Gasteiger partial charge < -0.3 is 20.3 Å². The number of aliphatic hydroxyl groups excluding tert-OH is 1. The molecule has 1 aliphatic heterocycles. The Morgan fingerprint density at radius 3 is 2.84 bits per heavy atom. The number of benzene rings is 1. The van der Waals surface area contributed by atoms with Crippen molar-refractivity contribution in [2.45, 2.75) is 12.1 Å². The van der Waals surface area contributed by atoms with Crippen molar-refractivity contribution in [3.8, 4) is 0 Å². The van der Waals surface area contributed by atoms with Gasteiger partial charge in [0.05, 0.1) is 12.1 Å². The van der Waals surface area contributed by atoms with E-state index < -0.39 is 6.10 Å². The van der Waals surface area contributed by atoms with Crippen LogP contribution in [0.5, 0.6) is 0 Å². The Labute approximate surface area is 111 Å². The Morgan fingerprint density at radius 1 is 1.37 bits per heavy atom. The first-order valence-electron chi connectivity index (χ1n) is 6.40. The average molecular weight is 259 g/mol. The summed E-state index contributed by atoms with van der Waals surface area (Å²) in [4.78, 5) is 17.1. The van der Waals surface area contributed by atoms with Crippen LogP contribution in [0.1, 0.15) is 10.5 Å². The molecule has 5 nitrogen and oxygen atoms in total. The molecule has 0 bridgehead atoms.